The average molecular weight is 320 g/mol. The molecule has 2 bridgehead atoms. The first-order chi connectivity index (χ1) is 9.74. The first-order valence-corrected chi connectivity index (χ1v) is 8.46. The van der Waals surface area contributed by atoms with Crippen molar-refractivity contribution in [1.29, 1.82) is 0 Å². The van der Waals surface area contributed by atoms with E-state index in [4.69, 9.17) is 0 Å². The Bertz CT molecular complexity index is 685. The SMILES string of the molecule is CN(C)CC1=C(c2csc3ccccc23)C2CCC1C2.Cl. The summed E-state index contributed by atoms with van der Waals surface area (Å²) in [6.45, 7) is 1.14. The minimum Gasteiger partial charge on any atom is -0.305 e. The summed E-state index contributed by atoms with van der Waals surface area (Å²) in [7, 11) is 4.39. The lowest BCUT2D eigenvalue weighted by Crippen LogP contribution is -2.19. The second-order valence-corrected chi connectivity index (χ2v) is 7.44. The Morgan fingerprint density at radius 2 is 1.90 bits per heavy atom. The maximum Gasteiger partial charge on any atom is 0.0349 e. The van der Waals surface area contributed by atoms with Crippen molar-refractivity contribution < 1.29 is 0 Å². The van der Waals surface area contributed by atoms with Gasteiger partial charge in [-0.05, 0) is 78.7 Å². The van der Waals surface area contributed by atoms with Crippen LogP contribution in [-0.2, 0) is 0 Å². The van der Waals surface area contributed by atoms with Crippen molar-refractivity contribution in [2.75, 3.05) is 20.6 Å². The zero-order valence-corrected chi connectivity index (χ0v) is 14.3. The Hall–Kier alpha value is -0.830. The van der Waals surface area contributed by atoms with Gasteiger partial charge in [0, 0.05) is 11.2 Å². The highest BCUT2D eigenvalue weighted by molar-refractivity contribution is 7.17. The molecule has 4 rings (SSSR count). The molecule has 1 saturated carbocycles. The average Bonchev–Trinajstić information content (AvgIpc) is 3.11. The largest absolute Gasteiger partial charge is 0.305 e. The first-order valence-electron chi connectivity index (χ1n) is 7.58. The monoisotopic (exact) mass is 319 g/mol. The lowest BCUT2D eigenvalue weighted by molar-refractivity contribution is 0.423. The summed E-state index contributed by atoms with van der Waals surface area (Å²) in [6, 6.07) is 8.88. The Morgan fingerprint density at radius 3 is 2.71 bits per heavy atom. The van der Waals surface area contributed by atoms with Crippen LogP contribution in [0.25, 0.3) is 15.7 Å². The quantitative estimate of drug-likeness (QED) is 0.763. The Morgan fingerprint density at radius 1 is 1.14 bits per heavy atom. The van der Waals surface area contributed by atoms with Gasteiger partial charge in [-0.1, -0.05) is 18.2 Å². The van der Waals surface area contributed by atoms with Crippen LogP contribution in [0.3, 0.4) is 0 Å². The predicted molar refractivity (Wildman–Crippen MR) is 95.4 cm³/mol. The fraction of sp³-hybridized carbons (Fsp3) is 0.444. The molecule has 1 fully saturated rings. The summed E-state index contributed by atoms with van der Waals surface area (Å²) >= 11 is 1.90. The molecule has 2 aliphatic carbocycles. The molecule has 0 N–H and O–H groups in total. The van der Waals surface area contributed by atoms with Crippen LogP contribution in [0, 0.1) is 11.8 Å². The number of hydrogen-bond acceptors (Lipinski definition) is 2. The summed E-state index contributed by atoms with van der Waals surface area (Å²) in [4.78, 5) is 2.34. The van der Waals surface area contributed by atoms with E-state index in [0.717, 1.165) is 18.4 Å². The summed E-state index contributed by atoms with van der Waals surface area (Å²) in [5, 5.41) is 3.87. The van der Waals surface area contributed by atoms with Crippen molar-refractivity contribution in [2.24, 2.45) is 11.8 Å². The highest BCUT2D eigenvalue weighted by atomic mass is 35.5. The normalized spacial score (nSPS) is 24.1. The van der Waals surface area contributed by atoms with Gasteiger partial charge in [0.25, 0.3) is 0 Å². The van der Waals surface area contributed by atoms with Crippen LogP contribution in [0.4, 0.5) is 0 Å². The van der Waals surface area contributed by atoms with Crippen molar-refractivity contribution >= 4 is 39.4 Å². The van der Waals surface area contributed by atoms with E-state index in [1.54, 1.807) is 11.1 Å². The molecular formula is C18H22ClNS. The van der Waals surface area contributed by atoms with Crippen LogP contribution in [0.2, 0.25) is 0 Å². The molecule has 0 aliphatic heterocycles. The minimum atomic E-state index is 0. The summed E-state index contributed by atoms with van der Waals surface area (Å²) in [6.07, 6.45) is 4.23. The van der Waals surface area contributed by atoms with E-state index in [1.165, 1.54) is 34.9 Å². The Labute approximate surface area is 137 Å². The van der Waals surface area contributed by atoms with Crippen molar-refractivity contribution in [3.8, 4) is 0 Å². The number of likely N-dealkylation sites (N-methyl/N-ethyl adjacent to an activating group) is 1. The van der Waals surface area contributed by atoms with Gasteiger partial charge >= 0.3 is 0 Å². The molecular weight excluding hydrogens is 298 g/mol. The number of hydrogen-bond donors (Lipinski definition) is 0. The molecule has 1 aromatic heterocycles. The standard InChI is InChI=1S/C18H21NS.ClH/c1-19(2)10-15-12-7-8-13(9-12)18(15)16-11-20-17-6-4-3-5-14(16)17;/h3-6,11-13H,7-10H2,1-2H3;1H. The van der Waals surface area contributed by atoms with Gasteiger partial charge in [-0.2, -0.15) is 0 Å². The number of fused-ring (bicyclic) bond motifs is 3. The van der Waals surface area contributed by atoms with Gasteiger partial charge in [-0.25, -0.2) is 0 Å². The maximum atomic E-state index is 2.40. The Balaban J connectivity index is 0.00000132. The number of benzene rings is 1. The van der Waals surface area contributed by atoms with E-state index < -0.39 is 0 Å². The summed E-state index contributed by atoms with van der Waals surface area (Å²) in [5.41, 5.74) is 4.97. The van der Waals surface area contributed by atoms with E-state index in [1.807, 2.05) is 11.3 Å². The van der Waals surface area contributed by atoms with E-state index >= 15 is 0 Å². The first kappa shape index (κ1) is 15.1. The maximum absolute atomic E-state index is 2.40. The highest BCUT2D eigenvalue weighted by Gasteiger charge is 2.39. The van der Waals surface area contributed by atoms with Crippen molar-refractivity contribution in [2.45, 2.75) is 19.3 Å². The fourth-order valence-corrected chi connectivity index (χ4v) is 5.14. The van der Waals surface area contributed by atoms with Crippen LogP contribution in [0.5, 0.6) is 0 Å². The molecule has 2 atom stereocenters. The summed E-state index contributed by atoms with van der Waals surface area (Å²) in [5.74, 6) is 1.68. The number of allylic oxidation sites excluding steroid dienone is 1. The fourth-order valence-electron chi connectivity index (χ4n) is 4.18. The molecule has 0 spiro atoms. The molecule has 0 amide bonds. The third kappa shape index (κ3) is 2.44. The van der Waals surface area contributed by atoms with Gasteiger partial charge in [0.15, 0.2) is 0 Å². The number of halogens is 1. The molecule has 112 valence electrons. The number of thiophene rings is 1. The lowest BCUT2D eigenvalue weighted by Gasteiger charge is -2.22. The van der Waals surface area contributed by atoms with Crippen LogP contribution < -0.4 is 0 Å². The Kier molecular flexibility index (Phi) is 4.13. The van der Waals surface area contributed by atoms with Crippen LogP contribution in [0.1, 0.15) is 24.8 Å². The molecule has 1 aromatic carbocycles. The molecule has 1 heterocycles. The van der Waals surface area contributed by atoms with Gasteiger partial charge in [0.1, 0.15) is 0 Å². The van der Waals surface area contributed by atoms with Crippen LogP contribution in [0.15, 0.2) is 35.2 Å². The molecule has 21 heavy (non-hydrogen) atoms. The van der Waals surface area contributed by atoms with E-state index in [0.29, 0.717) is 0 Å². The second kappa shape index (κ2) is 5.75. The number of nitrogens with zero attached hydrogens (tertiary/aromatic N) is 1. The molecule has 0 radical (unpaired) electrons. The van der Waals surface area contributed by atoms with Crippen LogP contribution in [-0.4, -0.2) is 25.5 Å². The van der Waals surface area contributed by atoms with E-state index in [9.17, 15) is 0 Å². The van der Waals surface area contributed by atoms with E-state index in [2.05, 4.69) is 48.6 Å². The third-order valence-electron chi connectivity index (χ3n) is 4.94. The second-order valence-electron chi connectivity index (χ2n) is 6.53. The zero-order valence-electron chi connectivity index (χ0n) is 12.6. The third-order valence-corrected chi connectivity index (χ3v) is 5.90. The molecule has 2 aliphatic rings. The topological polar surface area (TPSA) is 3.24 Å². The van der Waals surface area contributed by atoms with Gasteiger partial charge in [0.05, 0.1) is 0 Å². The molecule has 0 saturated heterocycles. The van der Waals surface area contributed by atoms with Crippen molar-refractivity contribution in [3.63, 3.8) is 0 Å². The predicted octanol–water partition coefficient (Wildman–Crippen LogP) is 5.07. The molecule has 1 nitrogen and oxygen atoms in total. The van der Waals surface area contributed by atoms with Crippen LogP contribution >= 0.6 is 23.7 Å². The lowest BCUT2D eigenvalue weighted by atomic mass is 9.87. The van der Waals surface area contributed by atoms with Gasteiger partial charge in [0.2, 0.25) is 0 Å². The molecule has 2 unspecified atom stereocenters. The van der Waals surface area contributed by atoms with Gasteiger partial charge in [-0.15, -0.1) is 23.7 Å². The van der Waals surface area contributed by atoms with Crippen molar-refractivity contribution in [3.05, 3.63) is 40.8 Å². The van der Waals surface area contributed by atoms with Gasteiger partial charge in [-0.3, -0.25) is 0 Å². The zero-order chi connectivity index (χ0) is 13.7. The molecule has 2 aromatic rings. The summed E-state index contributed by atoms with van der Waals surface area (Å²) < 4.78 is 1.43. The van der Waals surface area contributed by atoms with E-state index in [-0.39, 0.29) is 12.4 Å². The van der Waals surface area contributed by atoms with Crippen molar-refractivity contribution in [1.82, 2.24) is 4.90 Å². The number of rotatable bonds is 3. The highest BCUT2D eigenvalue weighted by Crippen LogP contribution is 2.54. The minimum absolute atomic E-state index is 0. The smallest absolute Gasteiger partial charge is 0.0349 e. The molecule has 3 heteroatoms. The van der Waals surface area contributed by atoms with Gasteiger partial charge < -0.3 is 4.90 Å².